The van der Waals surface area contributed by atoms with Crippen molar-refractivity contribution in [3.63, 3.8) is 0 Å². The van der Waals surface area contributed by atoms with Crippen LogP contribution in [-0.2, 0) is 9.59 Å². The van der Waals surface area contributed by atoms with Crippen LogP contribution in [0.15, 0.2) is 30.3 Å². The SMILES string of the molecule is C[C@@H](NC(=O)C1(C(=O)NC2CC2)CCC1)[C@@H](C)Oc1ccccc1. The number of carbonyl (C=O) groups excluding carboxylic acids is 2. The number of para-hydroxylation sites is 1. The maximum atomic E-state index is 12.7. The van der Waals surface area contributed by atoms with Crippen LogP contribution >= 0.6 is 0 Å². The summed E-state index contributed by atoms with van der Waals surface area (Å²) in [4.78, 5) is 25.2. The minimum atomic E-state index is -0.872. The molecule has 24 heavy (non-hydrogen) atoms. The Bertz CT molecular complexity index is 594. The van der Waals surface area contributed by atoms with E-state index >= 15 is 0 Å². The van der Waals surface area contributed by atoms with Gasteiger partial charge in [0.1, 0.15) is 17.3 Å². The Hall–Kier alpha value is -2.04. The second-order valence-corrected chi connectivity index (χ2v) is 7.08. The summed E-state index contributed by atoms with van der Waals surface area (Å²) in [6.07, 6.45) is 4.08. The molecular formula is C19H26N2O3. The van der Waals surface area contributed by atoms with Gasteiger partial charge in [0.15, 0.2) is 0 Å². The quantitative estimate of drug-likeness (QED) is 0.755. The molecule has 2 N–H and O–H groups in total. The lowest BCUT2D eigenvalue weighted by Gasteiger charge is -2.39. The largest absolute Gasteiger partial charge is 0.489 e. The molecule has 2 aliphatic rings. The van der Waals surface area contributed by atoms with Gasteiger partial charge >= 0.3 is 0 Å². The number of hydrogen-bond donors (Lipinski definition) is 2. The number of rotatable bonds is 7. The summed E-state index contributed by atoms with van der Waals surface area (Å²) in [5.74, 6) is 0.511. The molecule has 0 aliphatic heterocycles. The van der Waals surface area contributed by atoms with E-state index < -0.39 is 5.41 Å². The minimum absolute atomic E-state index is 0.0995. The van der Waals surface area contributed by atoms with Crippen LogP contribution in [0.1, 0.15) is 46.0 Å². The summed E-state index contributed by atoms with van der Waals surface area (Å²) in [5.41, 5.74) is -0.872. The molecule has 0 spiro atoms. The number of carbonyl (C=O) groups is 2. The summed E-state index contributed by atoms with van der Waals surface area (Å²) in [6, 6.07) is 9.64. The molecule has 0 bridgehead atoms. The summed E-state index contributed by atoms with van der Waals surface area (Å²) < 4.78 is 5.86. The fourth-order valence-corrected chi connectivity index (χ4v) is 2.92. The van der Waals surface area contributed by atoms with Crippen LogP contribution in [0.2, 0.25) is 0 Å². The van der Waals surface area contributed by atoms with E-state index in [-0.39, 0.29) is 30.0 Å². The molecule has 2 fully saturated rings. The first kappa shape index (κ1) is 16.8. The first-order valence-corrected chi connectivity index (χ1v) is 8.85. The third-order valence-corrected chi connectivity index (χ3v) is 5.12. The Kier molecular flexibility index (Phi) is 4.78. The number of benzene rings is 1. The Morgan fingerprint density at radius 1 is 1.12 bits per heavy atom. The normalized spacial score (nSPS) is 21.1. The van der Waals surface area contributed by atoms with Crippen LogP contribution in [0.25, 0.3) is 0 Å². The monoisotopic (exact) mass is 330 g/mol. The van der Waals surface area contributed by atoms with Crippen LogP contribution in [-0.4, -0.2) is 30.0 Å². The third kappa shape index (κ3) is 3.55. The molecule has 1 aromatic rings. The van der Waals surface area contributed by atoms with Crippen LogP contribution in [0.3, 0.4) is 0 Å². The molecule has 3 rings (SSSR count). The zero-order valence-electron chi connectivity index (χ0n) is 14.4. The first-order valence-electron chi connectivity index (χ1n) is 8.85. The van der Waals surface area contributed by atoms with E-state index in [1.54, 1.807) is 0 Å². The first-order chi connectivity index (χ1) is 11.5. The maximum Gasteiger partial charge on any atom is 0.236 e. The van der Waals surface area contributed by atoms with Gasteiger partial charge in [-0.2, -0.15) is 0 Å². The highest BCUT2D eigenvalue weighted by Gasteiger charge is 2.52. The van der Waals surface area contributed by atoms with Gasteiger partial charge in [0.2, 0.25) is 11.8 Å². The van der Waals surface area contributed by atoms with Gasteiger partial charge in [-0.1, -0.05) is 24.6 Å². The molecule has 2 atom stereocenters. The van der Waals surface area contributed by atoms with Crippen LogP contribution < -0.4 is 15.4 Å². The fraction of sp³-hybridized carbons (Fsp3) is 0.579. The molecule has 2 amide bonds. The van der Waals surface area contributed by atoms with Crippen LogP contribution in [0, 0.1) is 5.41 Å². The van der Waals surface area contributed by atoms with E-state index in [0.29, 0.717) is 12.8 Å². The highest BCUT2D eigenvalue weighted by atomic mass is 16.5. The summed E-state index contributed by atoms with van der Waals surface area (Å²) in [7, 11) is 0. The van der Waals surface area contributed by atoms with Gasteiger partial charge in [0, 0.05) is 6.04 Å². The molecule has 0 saturated heterocycles. The van der Waals surface area contributed by atoms with Gasteiger partial charge in [-0.05, 0) is 51.7 Å². The molecule has 5 nitrogen and oxygen atoms in total. The van der Waals surface area contributed by atoms with Gasteiger partial charge in [-0.3, -0.25) is 9.59 Å². The van der Waals surface area contributed by atoms with Crippen molar-refractivity contribution < 1.29 is 14.3 Å². The smallest absolute Gasteiger partial charge is 0.236 e. The van der Waals surface area contributed by atoms with E-state index in [2.05, 4.69) is 10.6 Å². The van der Waals surface area contributed by atoms with Gasteiger partial charge in [0.25, 0.3) is 0 Å². The Labute approximate surface area is 143 Å². The molecule has 0 heterocycles. The van der Waals surface area contributed by atoms with E-state index in [0.717, 1.165) is 25.0 Å². The predicted octanol–water partition coefficient (Wildman–Crippen LogP) is 2.41. The molecule has 5 heteroatoms. The summed E-state index contributed by atoms with van der Waals surface area (Å²) in [6.45, 7) is 3.84. The van der Waals surface area contributed by atoms with E-state index in [1.807, 2.05) is 44.2 Å². The lowest BCUT2D eigenvalue weighted by atomic mass is 9.67. The van der Waals surface area contributed by atoms with Crippen molar-refractivity contribution in [3.05, 3.63) is 30.3 Å². The zero-order valence-corrected chi connectivity index (χ0v) is 14.4. The van der Waals surface area contributed by atoms with Crippen molar-refractivity contribution in [1.29, 1.82) is 0 Å². The van der Waals surface area contributed by atoms with Crippen LogP contribution in [0.4, 0.5) is 0 Å². The fourth-order valence-electron chi connectivity index (χ4n) is 2.92. The number of nitrogens with one attached hydrogen (secondary N) is 2. The lowest BCUT2D eigenvalue weighted by Crippen LogP contribution is -2.58. The van der Waals surface area contributed by atoms with Crippen molar-refractivity contribution in [2.75, 3.05) is 0 Å². The standard InChI is InChI=1S/C19H26N2O3/c1-13(14(2)24-16-7-4-3-5-8-16)20-17(22)19(11-6-12-19)18(23)21-15-9-10-15/h3-5,7-8,13-15H,6,9-12H2,1-2H3,(H,20,22)(H,21,23)/t13-,14-/m1/s1. The number of hydrogen-bond acceptors (Lipinski definition) is 3. The minimum Gasteiger partial charge on any atom is -0.489 e. The topological polar surface area (TPSA) is 67.4 Å². The van der Waals surface area contributed by atoms with Crippen molar-refractivity contribution in [2.24, 2.45) is 5.41 Å². The molecular weight excluding hydrogens is 304 g/mol. The van der Waals surface area contributed by atoms with Crippen LogP contribution in [0.5, 0.6) is 5.75 Å². The second kappa shape index (κ2) is 6.83. The zero-order chi connectivity index (χ0) is 17.2. The molecule has 2 aliphatic carbocycles. The van der Waals surface area contributed by atoms with Gasteiger partial charge in [-0.15, -0.1) is 0 Å². The Morgan fingerprint density at radius 2 is 1.79 bits per heavy atom. The van der Waals surface area contributed by atoms with E-state index in [1.165, 1.54) is 0 Å². The predicted molar refractivity (Wildman–Crippen MR) is 91.6 cm³/mol. The van der Waals surface area contributed by atoms with Crippen molar-refractivity contribution >= 4 is 11.8 Å². The second-order valence-electron chi connectivity index (χ2n) is 7.08. The molecule has 130 valence electrons. The Morgan fingerprint density at radius 3 is 2.33 bits per heavy atom. The van der Waals surface area contributed by atoms with Gasteiger partial charge < -0.3 is 15.4 Å². The highest BCUT2D eigenvalue weighted by Crippen LogP contribution is 2.42. The lowest BCUT2D eigenvalue weighted by molar-refractivity contribution is -0.150. The van der Waals surface area contributed by atoms with Gasteiger partial charge in [-0.25, -0.2) is 0 Å². The van der Waals surface area contributed by atoms with Gasteiger partial charge in [0.05, 0.1) is 6.04 Å². The summed E-state index contributed by atoms with van der Waals surface area (Å²) >= 11 is 0. The average Bonchev–Trinajstić information content (AvgIpc) is 3.30. The average molecular weight is 330 g/mol. The molecule has 2 saturated carbocycles. The van der Waals surface area contributed by atoms with E-state index in [9.17, 15) is 9.59 Å². The molecule has 1 aromatic carbocycles. The maximum absolute atomic E-state index is 12.7. The summed E-state index contributed by atoms with van der Waals surface area (Å²) in [5, 5.41) is 5.98. The molecule has 0 unspecified atom stereocenters. The van der Waals surface area contributed by atoms with Crippen molar-refractivity contribution in [3.8, 4) is 5.75 Å². The number of ether oxygens (including phenoxy) is 1. The van der Waals surface area contributed by atoms with Crippen molar-refractivity contribution in [1.82, 2.24) is 10.6 Å². The van der Waals surface area contributed by atoms with E-state index in [4.69, 9.17) is 4.74 Å². The molecule has 0 radical (unpaired) electrons. The third-order valence-electron chi connectivity index (χ3n) is 5.12. The Balaban J connectivity index is 1.57. The molecule has 0 aromatic heterocycles. The highest BCUT2D eigenvalue weighted by molar-refractivity contribution is 6.06. The number of amides is 2. The van der Waals surface area contributed by atoms with Crippen molar-refractivity contribution in [2.45, 2.75) is 64.1 Å².